The van der Waals surface area contributed by atoms with E-state index in [1.54, 1.807) is 5.56 Å². The van der Waals surface area contributed by atoms with Gasteiger partial charge in [0.25, 0.3) is 6.71 Å². The van der Waals surface area contributed by atoms with Crippen LogP contribution in [0.5, 0.6) is 0 Å². The van der Waals surface area contributed by atoms with E-state index in [4.69, 9.17) is 0 Å². The minimum absolute atomic E-state index is 0.00858. The summed E-state index contributed by atoms with van der Waals surface area (Å²) in [5.41, 5.74) is 15.2. The van der Waals surface area contributed by atoms with Gasteiger partial charge in [0.2, 0.25) is 0 Å². The fourth-order valence-corrected chi connectivity index (χ4v) is 10.9. The lowest BCUT2D eigenvalue weighted by molar-refractivity contribution is -0.00518. The molecular weight excluding hydrogens is 567 g/mol. The molecule has 0 unspecified atom stereocenters. The van der Waals surface area contributed by atoms with Gasteiger partial charge in [0.1, 0.15) is 0 Å². The number of fused-ring (bicyclic) bond motifs is 4. The highest BCUT2D eigenvalue weighted by Crippen LogP contribution is 2.61. The molecule has 5 aromatic carbocycles. The predicted octanol–water partition coefficient (Wildman–Crippen LogP) is 9.53. The fraction of sp³-hybridized carbons (Fsp3) is 0.318. The van der Waals surface area contributed by atoms with Crippen molar-refractivity contribution < 1.29 is 0 Å². The van der Waals surface area contributed by atoms with Crippen LogP contribution in [0.4, 0.5) is 34.1 Å². The van der Waals surface area contributed by atoms with Crippen molar-refractivity contribution in [2.75, 3.05) is 9.80 Å². The minimum atomic E-state index is -0.00858. The molecule has 2 aliphatic heterocycles. The van der Waals surface area contributed by atoms with Gasteiger partial charge in [-0.05, 0) is 143 Å². The van der Waals surface area contributed by atoms with Crippen molar-refractivity contribution in [3.8, 4) is 0 Å². The number of rotatable bonds is 3. The van der Waals surface area contributed by atoms with Gasteiger partial charge in [0.05, 0.1) is 0 Å². The van der Waals surface area contributed by atoms with Crippen LogP contribution in [0.1, 0.15) is 70.4 Å². The van der Waals surface area contributed by atoms with Crippen LogP contribution in [0, 0.1) is 17.8 Å². The Morgan fingerprint density at radius 1 is 0.553 bits per heavy atom. The normalized spacial score (nSPS) is 25.0. The Balaban J connectivity index is 1.19. The summed E-state index contributed by atoms with van der Waals surface area (Å²) >= 11 is 0. The molecule has 232 valence electrons. The summed E-state index contributed by atoms with van der Waals surface area (Å²) in [5.74, 6) is 2.86. The molecule has 4 bridgehead atoms. The van der Waals surface area contributed by atoms with Crippen LogP contribution in [-0.2, 0) is 10.8 Å². The lowest BCUT2D eigenvalue weighted by atomic mass is 9.33. The van der Waals surface area contributed by atoms with E-state index in [-0.39, 0.29) is 12.1 Å². The Bertz CT molecular complexity index is 1990. The van der Waals surface area contributed by atoms with Crippen molar-refractivity contribution in [2.24, 2.45) is 17.8 Å². The van der Waals surface area contributed by atoms with Crippen LogP contribution in [0.25, 0.3) is 0 Å². The third-order valence-electron chi connectivity index (χ3n) is 12.5. The van der Waals surface area contributed by atoms with Gasteiger partial charge in [-0.25, -0.2) is 0 Å². The van der Waals surface area contributed by atoms with Gasteiger partial charge in [-0.2, -0.15) is 0 Å². The van der Waals surface area contributed by atoms with E-state index in [0.717, 1.165) is 17.8 Å². The first kappa shape index (κ1) is 27.8. The maximum Gasteiger partial charge on any atom is 0.252 e. The molecule has 3 heteroatoms. The Kier molecular flexibility index (Phi) is 5.86. The van der Waals surface area contributed by atoms with E-state index < -0.39 is 0 Å². The van der Waals surface area contributed by atoms with Crippen LogP contribution >= 0.6 is 0 Å². The number of hydrogen-bond acceptors (Lipinski definition) is 2. The second-order valence-corrected chi connectivity index (χ2v) is 16.5. The van der Waals surface area contributed by atoms with Crippen LogP contribution in [0.3, 0.4) is 0 Å². The summed E-state index contributed by atoms with van der Waals surface area (Å²) < 4.78 is 0. The minimum Gasteiger partial charge on any atom is -0.311 e. The Hall–Kier alpha value is -4.24. The maximum atomic E-state index is 2.58. The van der Waals surface area contributed by atoms with E-state index in [1.165, 1.54) is 94.6 Å². The number of para-hydroxylation sites is 3. The average molecular weight is 611 g/mol. The first-order chi connectivity index (χ1) is 22.9. The summed E-state index contributed by atoms with van der Waals surface area (Å²) in [7, 11) is 0. The van der Waals surface area contributed by atoms with Crippen molar-refractivity contribution in [3.05, 3.63) is 126 Å². The molecule has 0 radical (unpaired) electrons. The van der Waals surface area contributed by atoms with E-state index in [0.29, 0.717) is 5.41 Å². The Morgan fingerprint density at radius 2 is 1.02 bits per heavy atom. The highest BCUT2D eigenvalue weighted by molar-refractivity contribution is 7.00. The van der Waals surface area contributed by atoms with E-state index in [2.05, 4.69) is 146 Å². The molecule has 4 fully saturated rings. The van der Waals surface area contributed by atoms with Gasteiger partial charge < -0.3 is 9.80 Å². The number of nitrogens with zero attached hydrogens (tertiary/aromatic N) is 2. The summed E-state index contributed by atoms with van der Waals surface area (Å²) in [6.07, 6.45) is 8.68. The van der Waals surface area contributed by atoms with Gasteiger partial charge in [-0.15, -0.1) is 0 Å². The van der Waals surface area contributed by atoms with Crippen LogP contribution in [0.2, 0.25) is 0 Å². The van der Waals surface area contributed by atoms with Crippen LogP contribution in [-0.4, -0.2) is 6.71 Å². The molecule has 5 aromatic rings. The van der Waals surface area contributed by atoms with Gasteiger partial charge >= 0.3 is 0 Å². The maximum absolute atomic E-state index is 2.58. The molecule has 0 amide bonds. The topological polar surface area (TPSA) is 6.48 Å². The van der Waals surface area contributed by atoms with Crippen molar-refractivity contribution in [1.29, 1.82) is 0 Å². The summed E-state index contributed by atoms with van der Waals surface area (Å²) in [6.45, 7) is 7.22. The molecule has 11 rings (SSSR count). The molecule has 4 saturated carbocycles. The zero-order valence-corrected chi connectivity index (χ0v) is 27.9. The monoisotopic (exact) mass is 610 g/mol. The van der Waals surface area contributed by atoms with Gasteiger partial charge in [0, 0.05) is 34.1 Å². The third kappa shape index (κ3) is 4.11. The average Bonchev–Trinajstić information content (AvgIpc) is 3.07. The first-order valence-electron chi connectivity index (χ1n) is 18.0. The predicted molar refractivity (Wildman–Crippen MR) is 199 cm³/mol. The first-order valence-corrected chi connectivity index (χ1v) is 18.0. The molecule has 0 N–H and O–H groups in total. The Labute approximate surface area is 280 Å². The lowest BCUT2D eigenvalue weighted by Gasteiger charge is -2.57. The SMILES string of the molecule is CC(C)(C)c1cc2c3c(c1)N(c1ccc(C45CC6CC(CC(C6)C4)C5)cc1)c1ccccc1B3c1ccccc1N2c1ccccc1. The van der Waals surface area contributed by atoms with Crippen molar-refractivity contribution in [2.45, 2.75) is 70.1 Å². The van der Waals surface area contributed by atoms with Crippen LogP contribution < -0.4 is 26.2 Å². The summed E-state index contributed by atoms with van der Waals surface area (Å²) in [4.78, 5) is 5.10. The van der Waals surface area contributed by atoms with Crippen molar-refractivity contribution in [3.63, 3.8) is 0 Å². The van der Waals surface area contributed by atoms with Crippen LogP contribution in [0.15, 0.2) is 115 Å². The zero-order valence-electron chi connectivity index (χ0n) is 27.9. The molecule has 4 aliphatic carbocycles. The highest BCUT2D eigenvalue weighted by Gasteiger charge is 2.51. The second kappa shape index (κ2) is 9.89. The zero-order chi connectivity index (χ0) is 31.5. The third-order valence-corrected chi connectivity index (χ3v) is 12.5. The number of anilines is 6. The van der Waals surface area contributed by atoms with Crippen molar-refractivity contribution in [1.82, 2.24) is 0 Å². The molecule has 6 aliphatic rings. The van der Waals surface area contributed by atoms with E-state index >= 15 is 0 Å². The molecule has 0 atom stereocenters. The number of hydrogen-bond donors (Lipinski definition) is 0. The summed E-state index contributed by atoms with van der Waals surface area (Å²) in [5, 5.41) is 0. The highest BCUT2D eigenvalue weighted by atomic mass is 15.2. The molecular formula is C44H43BN2. The quantitative estimate of drug-likeness (QED) is 0.184. The van der Waals surface area contributed by atoms with E-state index in [1.807, 2.05) is 0 Å². The largest absolute Gasteiger partial charge is 0.311 e. The molecule has 2 nitrogen and oxygen atoms in total. The molecule has 47 heavy (non-hydrogen) atoms. The molecule has 2 heterocycles. The second-order valence-electron chi connectivity index (χ2n) is 16.5. The van der Waals surface area contributed by atoms with Gasteiger partial charge in [-0.3, -0.25) is 0 Å². The number of benzene rings is 5. The van der Waals surface area contributed by atoms with Gasteiger partial charge in [0.15, 0.2) is 0 Å². The standard InChI is InChI=1S/C44H43BN2/c1-43(2,3)33-24-40-42-41(25-33)47(35-19-17-32(18-20-35)44-26-29-21-30(27-44)23-31(22-29)28-44)39-16-10-8-14-37(39)45(42)36-13-7-9-15-38(36)46(40)34-11-5-4-6-12-34/h4-20,24-25,29-31H,21-23,26-28H2,1-3H3. The fourth-order valence-electron chi connectivity index (χ4n) is 10.9. The molecule has 0 aromatic heterocycles. The smallest absolute Gasteiger partial charge is 0.252 e. The van der Waals surface area contributed by atoms with Crippen molar-refractivity contribution >= 4 is 57.2 Å². The van der Waals surface area contributed by atoms with E-state index in [9.17, 15) is 0 Å². The van der Waals surface area contributed by atoms with Gasteiger partial charge in [-0.1, -0.05) is 87.5 Å². The Morgan fingerprint density at radius 3 is 1.53 bits per heavy atom. The lowest BCUT2D eigenvalue weighted by Crippen LogP contribution is -2.61. The molecule has 0 spiro atoms. The molecule has 0 saturated heterocycles. The summed E-state index contributed by atoms with van der Waals surface area (Å²) in [6, 6.07) is 44.1.